The molecule has 0 spiro atoms. The van der Waals surface area contributed by atoms with E-state index in [1.165, 1.54) is 25.8 Å². The predicted octanol–water partition coefficient (Wildman–Crippen LogP) is 2.35. The Balaban J connectivity index is 1.46. The van der Waals surface area contributed by atoms with Crippen LogP contribution in [0, 0.1) is 0 Å². The first-order chi connectivity index (χ1) is 12.2. The van der Waals surface area contributed by atoms with Gasteiger partial charge in [-0.25, -0.2) is 9.78 Å². The lowest BCUT2D eigenvalue weighted by Crippen LogP contribution is -2.49. The van der Waals surface area contributed by atoms with Crippen LogP contribution in [-0.4, -0.2) is 54.2 Å². The minimum atomic E-state index is -0.0646. The molecule has 1 aromatic heterocycles. The molecule has 2 amide bonds. The van der Waals surface area contributed by atoms with E-state index in [0.29, 0.717) is 18.6 Å². The Labute approximate surface area is 151 Å². The van der Waals surface area contributed by atoms with Crippen molar-refractivity contribution < 1.29 is 4.79 Å². The molecular formula is C19H31N5O. The van der Waals surface area contributed by atoms with Crippen molar-refractivity contribution in [2.45, 2.75) is 58.2 Å². The van der Waals surface area contributed by atoms with Gasteiger partial charge in [-0.1, -0.05) is 12.5 Å². The summed E-state index contributed by atoms with van der Waals surface area (Å²) in [7, 11) is 0. The highest BCUT2D eigenvalue weighted by Crippen LogP contribution is 2.27. The first-order valence-corrected chi connectivity index (χ1v) is 9.69. The van der Waals surface area contributed by atoms with Crippen LogP contribution < -0.4 is 15.5 Å². The molecule has 2 atom stereocenters. The maximum absolute atomic E-state index is 12.2. The van der Waals surface area contributed by atoms with Crippen molar-refractivity contribution in [2.75, 3.05) is 31.1 Å². The quantitative estimate of drug-likeness (QED) is 0.831. The maximum Gasteiger partial charge on any atom is 0.315 e. The van der Waals surface area contributed by atoms with E-state index in [2.05, 4.69) is 39.3 Å². The number of hydrogen-bond acceptors (Lipinski definition) is 4. The third kappa shape index (κ3) is 4.42. The van der Waals surface area contributed by atoms with Crippen molar-refractivity contribution in [3.05, 3.63) is 23.9 Å². The number of rotatable bonds is 6. The molecule has 0 bridgehead atoms. The average Bonchev–Trinajstić information content (AvgIpc) is 3.05. The number of hydrogen-bond donors (Lipinski definition) is 2. The van der Waals surface area contributed by atoms with E-state index in [0.717, 1.165) is 37.4 Å². The number of urea groups is 1. The number of nitrogens with one attached hydrogen (secondary N) is 2. The molecule has 2 aliphatic rings. The van der Waals surface area contributed by atoms with E-state index in [9.17, 15) is 4.79 Å². The minimum absolute atomic E-state index is 0.0646. The molecule has 3 rings (SSSR count). The van der Waals surface area contributed by atoms with E-state index in [1.807, 2.05) is 18.3 Å². The summed E-state index contributed by atoms with van der Waals surface area (Å²) in [6.45, 7) is 8.97. The number of amides is 2. The summed E-state index contributed by atoms with van der Waals surface area (Å²) in [6, 6.07) is 4.83. The molecule has 6 heteroatoms. The van der Waals surface area contributed by atoms with Crippen LogP contribution in [0.5, 0.6) is 0 Å². The number of pyridine rings is 1. The summed E-state index contributed by atoms with van der Waals surface area (Å²) in [4.78, 5) is 21.5. The molecule has 0 aromatic carbocycles. The number of piperidine rings is 1. The maximum atomic E-state index is 12.2. The van der Waals surface area contributed by atoms with Gasteiger partial charge in [0.25, 0.3) is 0 Å². The monoisotopic (exact) mass is 345 g/mol. The lowest BCUT2D eigenvalue weighted by atomic mass is 9.99. The zero-order valence-corrected chi connectivity index (χ0v) is 15.5. The van der Waals surface area contributed by atoms with Crippen LogP contribution in [0.15, 0.2) is 18.3 Å². The molecule has 0 radical (unpaired) electrons. The standard InChI is InChI=1S/C19H31N5O/c1-3-23(4-2)18-9-8-15(13-20-18)14-21-19(25)22-16-10-12-24-11-6-5-7-17(16)24/h8-9,13,16-17H,3-7,10-12,14H2,1-2H3,(H2,21,22,25)/t16-,17-/m1/s1. The molecule has 0 saturated carbocycles. The van der Waals surface area contributed by atoms with E-state index in [4.69, 9.17) is 0 Å². The zero-order valence-electron chi connectivity index (χ0n) is 15.5. The highest BCUT2D eigenvalue weighted by Gasteiger charge is 2.36. The van der Waals surface area contributed by atoms with Gasteiger partial charge in [0.2, 0.25) is 0 Å². The fourth-order valence-electron chi connectivity index (χ4n) is 4.07. The van der Waals surface area contributed by atoms with Crippen LogP contribution >= 0.6 is 0 Å². The predicted molar refractivity (Wildman–Crippen MR) is 101 cm³/mol. The summed E-state index contributed by atoms with van der Waals surface area (Å²) in [5, 5.41) is 6.15. The van der Waals surface area contributed by atoms with Gasteiger partial charge in [0.1, 0.15) is 5.82 Å². The molecule has 6 nitrogen and oxygen atoms in total. The van der Waals surface area contributed by atoms with Crippen molar-refractivity contribution in [3.8, 4) is 0 Å². The van der Waals surface area contributed by atoms with Crippen LogP contribution in [0.4, 0.5) is 10.6 Å². The van der Waals surface area contributed by atoms with Gasteiger partial charge in [-0.2, -0.15) is 0 Å². The number of carbonyl (C=O) groups excluding carboxylic acids is 1. The Bertz CT molecular complexity index is 557. The average molecular weight is 345 g/mol. The van der Waals surface area contributed by atoms with Crippen LogP contribution in [0.1, 0.15) is 45.1 Å². The molecule has 3 heterocycles. The summed E-state index contributed by atoms with van der Waals surface area (Å²) in [5.41, 5.74) is 1.02. The number of fused-ring (bicyclic) bond motifs is 1. The molecule has 1 aromatic rings. The Morgan fingerprint density at radius 3 is 2.80 bits per heavy atom. The Kier molecular flexibility index (Phi) is 6.13. The lowest BCUT2D eigenvalue weighted by Gasteiger charge is -2.32. The van der Waals surface area contributed by atoms with Gasteiger partial charge in [-0.15, -0.1) is 0 Å². The Hall–Kier alpha value is -1.82. The third-order valence-corrected chi connectivity index (χ3v) is 5.52. The van der Waals surface area contributed by atoms with Gasteiger partial charge in [0.15, 0.2) is 0 Å². The van der Waals surface area contributed by atoms with Crippen LogP contribution in [0.2, 0.25) is 0 Å². The minimum Gasteiger partial charge on any atom is -0.357 e. The van der Waals surface area contributed by atoms with Gasteiger partial charge in [0.05, 0.1) is 0 Å². The normalized spacial score (nSPS) is 23.1. The first-order valence-electron chi connectivity index (χ1n) is 9.69. The lowest BCUT2D eigenvalue weighted by molar-refractivity contribution is 0.179. The fourth-order valence-corrected chi connectivity index (χ4v) is 4.07. The number of anilines is 1. The van der Waals surface area contributed by atoms with E-state index < -0.39 is 0 Å². The molecular weight excluding hydrogens is 314 g/mol. The van der Waals surface area contributed by atoms with Gasteiger partial charge >= 0.3 is 6.03 Å². The van der Waals surface area contributed by atoms with Crippen LogP contribution in [0.3, 0.4) is 0 Å². The summed E-state index contributed by atoms with van der Waals surface area (Å²) in [6.07, 6.45) is 6.71. The van der Waals surface area contributed by atoms with E-state index >= 15 is 0 Å². The van der Waals surface area contributed by atoms with Crippen molar-refractivity contribution in [2.24, 2.45) is 0 Å². The number of carbonyl (C=O) groups is 1. The van der Waals surface area contributed by atoms with E-state index in [-0.39, 0.29) is 6.03 Å². The molecule has 0 aliphatic carbocycles. The van der Waals surface area contributed by atoms with Crippen LogP contribution in [-0.2, 0) is 6.54 Å². The second-order valence-corrected chi connectivity index (χ2v) is 7.02. The van der Waals surface area contributed by atoms with Gasteiger partial charge in [-0.3, -0.25) is 4.90 Å². The van der Waals surface area contributed by atoms with Gasteiger partial charge in [0, 0.05) is 44.5 Å². The number of nitrogens with zero attached hydrogens (tertiary/aromatic N) is 3. The van der Waals surface area contributed by atoms with Crippen molar-refractivity contribution in [1.82, 2.24) is 20.5 Å². The van der Waals surface area contributed by atoms with Gasteiger partial charge < -0.3 is 15.5 Å². The topological polar surface area (TPSA) is 60.5 Å². The molecule has 138 valence electrons. The Morgan fingerprint density at radius 2 is 2.08 bits per heavy atom. The Morgan fingerprint density at radius 1 is 1.24 bits per heavy atom. The summed E-state index contributed by atoms with van der Waals surface area (Å²) >= 11 is 0. The van der Waals surface area contributed by atoms with Crippen LogP contribution in [0.25, 0.3) is 0 Å². The summed E-state index contributed by atoms with van der Waals surface area (Å²) < 4.78 is 0. The second-order valence-electron chi connectivity index (χ2n) is 7.02. The van der Waals surface area contributed by atoms with Gasteiger partial charge in [-0.05, 0) is 51.3 Å². The third-order valence-electron chi connectivity index (χ3n) is 5.52. The number of aromatic nitrogens is 1. The summed E-state index contributed by atoms with van der Waals surface area (Å²) in [5.74, 6) is 0.988. The highest BCUT2D eigenvalue weighted by atomic mass is 16.2. The zero-order chi connectivity index (χ0) is 17.6. The van der Waals surface area contributed by atoms with Crippen molar-refractivity contribution in [3.63, 3.8) is 0 Å². The molecule has 2 saturated heterocycles. The second kappa shape index (κ2) is 8.52. The smallest absolute Gasteiger partial charge is 0.315 e. The van der Waals surface area contributed by atoms with Crippen molar-refractivity contribution >= 4 is 11.8 Å². The molecule has 2 N–H and O–H groups in total. The first kappa shape index (κ1) is 18.0. The molecule has 0 unspecified atom stereocenters. The molecule has 2 aliphatic heterocycles. The fraction of sp³-hybridized carbons (Fsp3) is 0.684. The molecule has 2 fully saturated rings. The van der Waals surface area contributed by atoms with E-state index in [1.54, 1.807) is 0 Å². The largest absolute Gasteiger partial charge is 0.357 e. The molecule has 25 heavy (non-hydrogen) atoms. The highest BCUT2D eigenvalue weighted by molar-refractivity contribution is 5.74. The SMILES string of the molecule is CCN(CC)c1ccc(CNC(=O)N[C@@H]2CCN3CCCC[C@H]23)cn1. The van der Waals surface area contributed by atoms with Crippen molar-refractivity contribution in [1.29, 1.82) is 0 Å².